The quantitative estimate of drug-likeness (QED) is 0.541. The Balaban J connectivity index is 1.87. The lowest BCUT2D eigenvalue weighted by Crippen LogP contribution is -1.95. The lowest BCUT2D eigenvalue weighted by Gasteiger charge is -2.06. The third-order valence-electron chi connectivity index (χ3n) is 4.22. The van der Waals surface area contributed by atoms with Crippen molar-refractivity contribution in [2.45, 2.75) is 13.8 Å². The minimum absolute atomic E-state index is 0.664. The van der Waals surface area contributed by atoms with Gasteiger partial charge in [0.15, 0.2) is 5.65 Å². The van der Waals surface area contributed by atoms with Crippen LogP contribution >= 0.6 is 0 Å². The second-order valence-corrected chi connectivity index (χ2v) is 5.85. The second-order valence-electron chi connectivity index (χ2n) is 5.85. The summed E-state index contributed by atoms with van der Waals surface area (Å²) in [6.07, 6.45) is 1.84. The van der Waals surface area contributed by atoms with Crippen LogP contribution in [-0.2, 0) is 0 Å². The minimum atomic E-state index is 0.664. The highest BCUT2D eigenvalue weighted by Crippen LogP contribution is 2.31. The van der Waals surface area contributed by atoms with Crippen LogP contribution < -0.4 is 4.74 Å². The van der Waals surface area contributed by atoms with Gasteiger partial charge in [0.25, 0.3) is 0 Å². The molecule has 4 rings (SSSR count). The molecule has 4 nitrogen and oxygen atoms in total. The number of nitrogens with zero attached hydrogens (tertiary/aromatic N) is 3. The zero-order valence-corrected chi connectivity index (χ0v) is 14.3. The number of ether oxygens (including phenoxy) is 1. The maximum absolute atomic E-state index is 5.54. The molecular weight excluding hydrogens is 310 g/mol. The van der Waals surface area contributed by atoms with Gasteiger partial charge in [-0.15, -0.1) is 0 Å². The molecule has 0 aliphatic rings. The Morgan fingerprint density at radius 1 is 0.920 bits per heavy atom. The Kier molecular flexibility index (Phi) is 3.94. The van der Waals surface area contributed by atoms with Gasteiger partial charge in [-0.05, 0) is 37.6 Å². The van der Waals surface area contributed by atoms with Gasteiger partial charge >= 0.3 is 0 Å². The summed E-state index contributed by atoms with van der Waals surface area (Å²) in [7, 11) is 0. The summed E-state index contributed by atoms with van der Waals surface area (Å²) >= 11 is 0. The Morgan fingerprint density at radius 3 is 2.40 bits per heavy atom. The molecule has 4 aromatic rings. The molecule has 124 valence electrons. The molecule has 25 heavy (non-hydrogen) atoms. The van der Waals surface area contributed by atoms with E-state index in [4.69, 9.17) is 9.84 Å². The van der Waals surface area contributed by atoms with Crippen molar-refractivity contribution in [3.63, 3.8) is 0 Å². The molecule has 0 amide bonds. The van der Waals surface area contributed by atoms with Gasteiger partial charge in [0.1, 0.15) is 5.75 Å². The van der Waals surface area contributed by atoms with Crippen molar-refractivity contribution in [2.75, 3.05) is 6.61 Å². The fraction of sp³-hybridized carbons (Fsp3) is 0.143. The zero-order chi connectivity index (χ0) is 17.2. The van der Waals surface area contributed by atoms with E-state index < -0.39 is 0 Å². The largest absolute Gasteiger partial charge is 0.494 e. The van der Waals surface area contributed by atoms with E-state index in [1.54, 1.807) is 0 Å². The maximum atomic E-state index is 5.54. The van der Waals surface area contributed by atoms with E-state index in [1.165, 1.54) is 0 Å². The van der Waals surface area contributed by atoms with Crippen LogP contribution in [0.15, 0.2) is 66.9 Å². The molecular formula is C21H19N3O. The van der Waals surface area contributed by atoms with Crippen LogP contribution in [0.4, 0.5) is 0 Å². The van der Waals surface area contributed by atoms with E-state index in [2.05, 4.69) is 29.2 Å². The van der Waals surface area contributed by atoms with Crippen LogP contribution in [-0.4, -0.2) is 21.2 Å². The Hall–Kier alpha value is -3.14. The molecule has 0 aliphatic heterocycles. The molecule has 0 saturated carbocycles. The Bertz CT molecular complexity index is 1000. The van der Waals surface area contributed by atoms with Gasteiger partial charge in [0, 0.05) is 17.3 Å². The summed E-state index contributed by atoms with van der Waals surface area (Å²) in [5.41, 5.74) is 6.12. The van der Waals surface area contributed by atoms with E-state index in [0.29, 0.717) is 6.61 Å². The van der Waals surface area contributed by atoms with Gasteiger partial charge in [-0.25, -0.2) is 9.50 Å². The smallest absolute Gasteiger partial charge is 0.163 e. The van der Waals surface area contributed by atoms with Crippen LogP contribution in [0.25, 0.3) is 28.0 Å². The standard InChI is InChI=1S/C21H19N3O/c1-3-25-18-11-9-17(10-12-18)20-15(2)23-24-19(13-14-22-21(20)24)16-7-5-4-6-8-16/h4-14H,3H2,1-2H3. The lowest BCUT2D eigenvalue weighted by molar-refractivity contribution is 0.340. The maximum Gasteiger partial charge on any atom is 0.163 e. The molecule has 2 aromatic carbocycles. The number of benzene rings is 2. The molecule has 4 heteroatoms. The molecule has 0 aliphatic carbocycles. The number of aryl methyl sites for hydroxylation is 1. The van der Waals surface area contributed by atoms with Gasteiger partial charge in [-0.1, -0.05) is 42.5 Å². The predicted molar refractivity (Wildman–Crippen MR) is 99.8 cm³/mol. The van der Waals surface area contributed by atoms with Crippen LogP contribution in [0, 0.1) is 6.92 Å². The highest BCUT2D eigenvalue weighted by Gasteiger charge is 2.15. The topological polar surface area (TPSA) is 39.4 Å². The summed E-state index contributed by atoms with van der Waals surface area (Å²) in [6.45, 7) is 4.67. The molecule has 0 fully saturated rings. The monoisotopic (exact) mass is 329 g/mol. The summed E-state index contributed by atoms with van der Waals surface area (Å²) < 4.78 is 7.46. The zero-order valence-electron chi connectivity index (χ0n) is 14.3. The molecule has 0 spiro atoms. The van der Waals surface area contributed by atoms with E-state index >= 15 is 0 Å². The fourth-order valence-electron chi connectivity index (χ4n) is 3.10. The van der Waals surface area contributed by atoms with E-state index in [-0.39, 0.29) is 0 Å². The third kappa shape index (κ3) is 2.76. The first-order valence-electron chi connectivity index (χ1n) is 8.41. The summed E-state index contributed by atoms with van der Waals surface area (Å²) in [5, 5.41) is 4.75. The number of hydrogen-bond acceptors (Lipinski definition) is 3. The fourth-order valence-corrected chi connectivity index (χ4v) is 3.10. The molecule has 0 saturated heterocycles. The minimum Gasteiger partial charge on any atom is -0.494 e. The van der Waals surface area contributed by atoms with Crippen molar-refractivity contribution in [3.8, 4) is 28.1 Å². The average Bonchev–Trinajstić information content (AvgIpc) is 2.99. The van der Waals surface area contributed by atoms with Crippen molar-refractivity contribution in [1.29, 1.82) is 0 Å². The van der Waals surface area contributed by atoms with E-state index in [0.717, 1.165) is 39.5 Å². The first kappa shape index (κ1) is 15.4. The SMILES string of the molecule is CCOc1ccc(-c2c(C)nn3c(-c4ccccc4)ccnc23)cc1. The van der Waals surface area contributed by atoms with Crippen molar-refractivity contribution in [2.24, 2.45) is 0 Å². The number of fused-ring (bicyclic) bond motifs is 1. The van der Waals surface area contributed by atoms with Crippen molar-refractivity contribution < 1.29 is 4.74 Å². The van der Waals surface area contributed by atoms with E-state index in [9.17, 15) is 0 Å². The van der Waals surface area contributed by atoms with Crippen LogP contribution in [0.1, 0.15) is 12.6 Å². The van der Waals surface area contributed by atoms with Gasteiger partial charge in [-0.3, -0.25) is 0 Å². The third-order valence-corrected chi connectivity index (χ3v) is 4.22. The van der Waals surface area contributed by atoms with Gasteiger partial charge in [0.2, 0.25) is 0 Å². The second kappa shape index (κ2) is 6.40. The molecule has 0 atom stereocenters. The van der Waals surface area contributed by atoms with Gasteiger partial charge < -0.3 is 4.74 Å². The Labute approximate surface area is 146 Å². The molecule has 0 unspecified atom stereocenters. The van der Waals surface area contributed by atoms with Crippen molar-refractivity contribution >= 4 is 5.65 Å². The summed E-state index contributed by atoms with van der Waals surface area (Å²) in [4.78, 5) is 4.59. The van der Waals surface area contributed by atoms with E-state index in [1.807, 2.05) is 61.0 Å². The molecule has 0 N–H and O–H groups in total. The molecule has 2 heterocycles. The van der Waals surface area contributed by atoms with Gasteiger partial charge in [0.05, 0.1) is 18.0 Å². The molecule has 0 bridgehead atoms. The summed E-state index contributed by atoms with van der Waals surface area (Å²) in [5.74, 6) is 0.873. The van der Waals surface area contributed by atoms with Crippen LogP contribution in [0.2, 0.25) is 0 Å². The number of rotatable bonds is 4. The van der Waals surface area contributed by atoms with Crippen molar-refractivity contribution in [1.82, 2.24) is 14.6 Å². The number of aromatic nitrogens is 3. The predicted octanol–water partition coefficient (Wildman–Crippen LogP) is 4.77. The number of hydrogen-bond donors (Lipinski definition) is 0. The van der Waals surface area contributed by atoms with Crippen LogP contribution in [0.5, 0.6) is 5.75 Å². The average molecular weight is 329 g/mol. The molecule has 0 radical (unpaired) electrons. The highest BCUT2D eigenvalue weighted by molar-refractivity contribution is 5.81. The molecule has 2 aromatic heterocycles. The normalized spacial score (nSPS) is 11.0. The van der Waals surface area contributed by atoms with Crippen LogP contribution in [0.3, 0.4) is 0 Å². The van der Waals surface area contributed by atoms with Gasteiger partial charge in [-0.2, -0.15) is 5.10 Å². The highest BCUT2D eigenvalue weighted by atomic mass is 16.5. The summed E-state index contributed by atoms with van der Waals surface area (Å²) in [6, 6.07) is 20.4. The van der Waals surface area contributed by atoms with Crippen molar-refractivity contribution in [3.05, 3.63) is 72.6 Å². The lowest BCUT2D eigenvalue weighted by atomic mass is 10.1. The first-order valence-corrected chi connectivity index (χ1v) is 8.41. The first-order chi connectivity index (χ1) is 12.3. The Morgan fingerprint density at radius 2 is 1.68 bits per heavy atom.